The second-order valence-corrected chi connectivity index (χ2v) is 6.62. The molecule has 0 fully saturated rings. The smallest absolute Gasteiger partial charge is 0.258 e. The molecule has 0 aliphatic rings. The zero-order chi connectivity index (χ0) is 18.0. The molecule has 3 rings (SSSR count). The van der Waals surface area contributed by atoms with E-state index >= 15 is 0 Å². The van der Waals surface area contributed by atoms with Crippen LogP contribution in [0.3, 0.4) is 0 Å². The van der Waals surface area contributed by atoms with Gasteiger partial charge in [-0.05, 0) is 37.1 Å². The van der Waals surface area contributed by atoms with Crippen molar-refractivity contribution < 1.29 is 4.79 Å². The van der Waals surface area contributed by atoms with Crippen molar-refractivity contribution in [3.05, 3.63) is 59.5 Å². The fraction of sp³-hybridized carbons (Fsp3) is 0.278. The molecule has 0 spiro atoms. The molecule has 0 saturated carbocycles. The molecule has 1 atom stereocenters. The van der Waals surface area contributed by atoms with E-state index in [4.69, 9.17) is 11.6 Å². The molecule has 1 amide bonds. The molecule has 0 radical (unpaired) electrons. The van der Waals surface area contributed by atoms with Crippen LogP contribution in [-0.2, 0) is 0 Å². The Kier molecular flexibility index (Phi) is 4.90. The number of aromatic nitrogens is 4. The van der Waals surface area contributed by atoms with Gasteiger partial charge in [0.25, 0.3) is 5.91 Å². The first-order valence-electron chi connectivity index (χ1n) is 8.12. The zero-order valence-corrected chi connectivity index (χ0v) is 15.1. The molecule has 3 aromatic rings. The number of anilines is 1. The number of halogens is 1. The summed E-state index contributed by atoms with van der Waals surface area (Å²) in [7, 11) is 0. The van der Waals surface area contributed by atoms with Gasteiger partial charge >= 0.3 is 0 Å². The van der Waals surface area contributed by atoms with Gasteiger partial charge in [-0.1, -0.05) is 25.4 Å². The van der Waals surface area contributed by atoms with Gasteiger partial charge in [0.2, 0.25) is 0 Å². The van der Waals surface area contributed by atoms with E-state index in [9.17, 15) is 4.79 Å². The number of nitrogens with one attached hydrogen (secondary N) is 1. The van der Waals surface area contributed by atoms with Crippen LogP contribution in [0.2, 0.25) is 5.02 Å². The van der Waals surface area contributed by atoms with E-state index < -0.39 is 0 Å². The summed E-state index contributed by atoms with van der Waals surface area (Å²) in [6, 6.07) is 8.99. The second kappa shape index (κ2) is 7.11. The van der Waals surface area contributed by atoms with E-state index in [-0.39, 0.29) is 11.9 Å². The van der Waals surface area contributed by atoms with Crippen LogP contribution < -0.4 is 5.32 Å². The van der Waals surface area contributed by atoms with Gasteiger partial charge in [0.15, 0.2) is 0 Å². The molecule has 0 aliphatic carbocycles. The fourth-order valence-electron chi connectivity index (χ4n) is 2.46. The fourth-order valence-corrected chi connectivity index (χ4v) is 2.66. The number of benzene rings is 1. The minimum absolute atomic E-state index is 0.163. The molecular formula is C18H20ClN5O. The van der Waals surface area contributed by atoms with Crippen molar-refractivity contribution in [2.75, 3.05) is 5.32 Å². The van der Waals surface area contributed by atoms with Crippen LogP contribution in [0.15, 0.2) is 48.9 Å². The van der Waals surface area contributed by atoms with Gasteiger partial charge in [-0.3, -0.25) is 4.79 Å². The molecule has 0 aliphatic heterocycles. The zero-order valence-electron chi connectivity index (χ0n) is 14.3. The van der Waals surface area contributed by atoms with Gasteiger partial charge in [0.05, 0.1) is 28.5 Å². The van der Waals surface area contributed by atoms with E-state index in [0.29, 0.717) is 22.3 Å². The van der Waals surface area contributed by atoms with Crippen LogP contribution in [0.5, 0.6) is 0 Å². The van der Waals surface area contributed by atoms with Crippen LogP contribution in [0, 0.1) is 5.92 Å². The van der Waals surface area contributed by atoms with E-state index in [1.54, 1.807) is 35.3 Å². The molecule has 0 saturated heterocycles. The lowest BCUT2D eigenvalue weighted by Crippen LogP contribution is -2.20. The maximum absolute atomic E-state index is 12.7. The Morgan fingerprint density at radius 2 is 1.96 bits per heavy atom. The van der Waals surface area contributed by atoms with Crippen molar-refractivity contribution in [3.8, 4) is 5.69 Å². The van der Waals surface area contributed by atoms with Crippen LogP contribution in [0.1, 0.15) is 37.2 Å². The topological polar surface area (TPSA) is 64.7 Å². The molecule has 130 valence electrons. The highest BCUT2D eigenvalue weighted by Gasteiger charge is 2.18. The van der Waals surface area contributed by atoms with Crippen molar-refractivity contribution in [2.45, 2.75) is 26.8 Å². The van der Waals surface area contributed by atoms with Gasteiger partial charge in [0.1, 0.15) is 5.82 Å². The Balaban J connectivity index is 1.87. The number of hydrogen-bond donors (Lipinski definition) is 1. The molecule has 7 heteroatoms. The van der Waals surface area contributed by atoms with Crippen molar-refractivity contribution in [1.82, 2.24) is 19.6 Å². The normalized spacial score (nSPS) is 12.4. The van der Waals surface area contributed by atoms with Crippen molar-refractivity contribution in [3.63, 3.8) is 0 Å². The third kappa shape index (κ3) is 3.58. The second-order valence-electron chi connectivity index (χ2n) is 6.21. The van der Waals surface area contributed by atoms with Crippen molar-refractivity contribution in [2.24, 2.45) is 5.92 Å². The summed E-state index contributed by atoms with van der Waals surface area (Å²) < 4.78 is 3.49. The summed E-state index contributed by atoms with van der Waals surface area (Å²) in [6.45, 7) is 6.30. The molecule has 2 aromatic heterocycles. The summed E-state index contributed by atoms with van der Waals surface area (Å²) in [6.07, 6.45) is 5.17. The monoisotopic (exact) mass is 357 g/mol. The number of nitrogens with zero attached hydrogens (tertiary/aromatic N) is 4. The van der Waals surface area contributed by atoms with Crippen molar-refractivity contribution >= 4 is 23.3 Å². The van der Waals surface area contributed by atoms with Crippen LogP contribution in [-0.4, -0.2) is 25.5 Å². The highest BCUT2D eigenvalue weighted by Crippen LogP contribution is 2.24. The predicted octanol–water partition coefficient (Wildman–Crippen LogP) is 4.19. The molecule has 6 nitrogen and oxygen atoms in total. The Morgan fingerprint density at radius 3 is 2.64 bits per heavy atom. The third-order valence-corrected chi connectivity index (χ3v) is 4.56. The van der Waals surface area contributed by atoms with E-state index in [2.05, 4.69) is 36.3 Å². The largest absolute Gasteiger partial charge is 0.307 e. The molecule has 1 N–H and O–H groups in total. The quantitative estimate of drug-likeness (QED) is 0.744. The van der Waals surface area contributed by atoms with Gasteiger partial charge in [-0.2, -0.15) is 10.2 Å². The lowest BCUT2D eigenvalue weighted by molar-refractivity contribution is 0.102. The Morgan fingerprint density at radius 1 is 1.16 bits per heavy atom. The lowest BCUT2D eigenvalue weighted by Gasteiger charge is -2.19. The standard InChI is InChI=1S/C18H20ClN5O/c1-12(2)13(3)24-17(7-9-21-24)22-18(25)15-11-14(5-6-16(15)19)23-10-4-8-20-23/h4-13H,1-3H3,(H,22,25). The summed E-state index contributed by atoms with van der Waals surface area (Å²) in [4.78, 5) is 12.7. The van der Waals surface area contributed by atoms with Gasteiger partial charge in [-0.15, -0.1) is 0 Å². The Hall–Kier alpha value is -2.60. The summed E-state index contributed by atoms with van der Waals surface area (Å²) in [5, 5.41) is 11.8. The van der Waals surface area contributed by atoms with Crippen LogP contribution >= 0.6 is 11.6 Å². The molecule has 25 heavy (non-hydrogen) atoms. The number of carbonyl (C=O) groups is 1. The molecule has 1 unspecified atom stereocenters. The van der Waals surface area contributed by atoms with E-state index in [1.165, 1.54) is 0 Å². The van der Waals surface area contributed by atoms with Crippen LogP contribution in [0.25, 0.3) is 5.69 Å². The van der Waals surface area contributed by atoms with Crippen LogP contribution in [0.4, 0.5) is 5.82 Å². The number of hydrogen-bond acceptors (Lipinski definition) is 3. The lowest BCUT2D eigenvalue weighted by atomic mass is 10.1. The SMILES string of the molecule is CC(C)C(C)n1nccc1NC(=O)c1cc(-n2cccn2)ccc1Cl. The van der Waals surface area contributed by atoms with Crippen molar-refractivity contribution in [1.29, 1.82) is 0 Å². The number of amides is 1. The van der Waals surface area contributed by atoms with Gasteiger partial charge in [-0.25, -0.2) is 9.36 Å². The Labute approximate surface area is 151 Å². The van der Waals surface area contributed by atoms with Gasteiger partial charge in [0, 0.05) is 18.5 Å². The number of rotatable bonds is 5. The summed E-state index contributed by atoms with van der Waals surface area (Å²) in [5.74, 6) is 0.755. The Bertz CT molecular complexity index is 869. The van der Waals surface area contributed by atoms with E-state index in [0.717, 1.165) is 5.69 Å². The molecule has 1 aromatic carbocycles. The average Bonchev–Trinajstić information content (AvgIpc) is 3.26. The minimum atomic E-state index is -0.281. The first-order chi connectivity index (χ1) is 12.0. The predicted molar refractivity (Wildman–Crippen MR) is 98.3 cm³/mol. The van der Waals surface area contributed by atoms with Gasteiger partial charge < -0.3 is 5.32 Å². The first-order valence-corrected chi connectivity index (χ1v) is 8.49. The van der Waals surface area contributed by atoms with E-state index in [1.807, 2.05) is 23.0 Å². The summed E-state index contributed by atoms with van der Waals surface area (Å²) >= 11 is 6.23. The molecule has 2 heterocycles. The molecule has 0 bridgehead atoms. The first kappa shape index (κ1) is 17.2. The maximum Gasteiger partial charge on any atom is 0.258 e. The number of carbonyl (C=O) groups excluding carboxylic acids is 1. The summed E-state index contributed by atoms with van der Waals surface area (Å²) in [5.41, 5.74) is 1.16. The highest BCUT2D eigenvalue weighted by atomic mass is 35.5. The minimum Gasteiger partial charge on any atom is -0.307 e. The maximum atomic E-state index is 12.7. The average molecular weight is 358 g/mol. The highest BCUT2D eigenvalue weighted by molar-refractivity contribution is 6.34. The molecular weight excluding hydrogens is 338 g/mol. The third-order valence-electron chi connectivity index (χ3n) is 4.23.